The van der Waals surface area contributed by atoms with E-state index in [2.05, 4.69) is 29.6 Å². The molecule has 35 heavy (non-hydrogen) atoms. The van der Waals surface area contributed by atoms with Gasteiger partial charge in [0.05, 0.1) is 0 Å². The van der Waals surface area contributed by atoms with Crippen molar-refractivity contribution in [3.05, 3.63) is 59.7 Å². The van der Waals surface area contributed by atoms with E-state index in [9.17, 15) is 19.5 Å². The summed E-state index contributed by atoms with van der Waals surface area (Å²) in [4.78, 5) is 38.6. The van der Waals surface area contributed by atoms with Crippen LogP contribution in [0.3, 0.4) is 0 Å². The van der Waals surface area contributed by atoms with E-state index in [1.54, 1.807) is 0 Å². The van der Waals surface area contributed by atoms with Crippen molar-refractivity contribution in [2.24, 2.45) is 0 Å². The molecule has 4 rings (SSSR count). The Hall–Kier alpha value is -3.39. The van der Waals surface area contributed by atoms with Gasteiger partial charge in [0.2, 0.25) is 0 Å². The summed E-state index contributed by atoms with van der Waals surface area (Å²) in [6.07, 6.45) is 1.18. The largest absolute Gasteiger partial charge is 0.479 e. The fraction of sp³-hybridized carbons (Fsp3) is 0.444. The number of carbonyl (C=O) groups is 3. The maximum absolute atomic E-state index is 13.0. The first kappa shape index (κ1) is 24.7. The SMILES string of the molecule is COC(CCNC(=O)OCC1c2ccccc2-c2ccccc21)C(=O)N(C)C1(C(=O)O)CCCC1. The molecule has 2 aromatic rings. The number of rotatable bonds is 9. The zero-order chi connectivity index (χ0) is 25.0. The fourth-order valence-electron chi connectivity index (χ4n) is 5.38. The predicted molar refractivity (Wildman–Crippen MR) is 130 cm³/mol. The van der Waals surface area contributed by atoms with Gasteiger partial charge in [-0.3, -0.25) is 4.79 Å². The number of ether oxygens (including phenoxy) is 2. The van der Waals surface area contributed by atoms with Crippen molar-refractivity contribution in [2.45, 2.75) is 49.7 Å². The molecule has 0 aliphatic heterocycles. The molecule has 1 unspecified atom stereocenters. The average molecular weight is 481 g/mol. The van der Waals surface area contributed by atoms with Gasteiger partial charge in [0, 0.05) is 33.0 Å². The van der Waals surface area contributed by atoms with Crippen LogP contribution in [0.2, 0.25) is 0 Å². The number of fused-ring (bicyclic) bond motifs is 3. The maximum atomic E-state index is 13.0. The van der Waals surface area contributed by atoms with Crippen molar-refractivity contribution < 1.29 is 29.0 Å². The second-order valence-corrected chi connectivity index (χ2v) is 9.21. The lowest BCUT2D eigenvalue weighted by Gasteiger charge is -2.36. The van der Waals surface area contributed by atoms with Gasteiger partial charge in [0.15, 0.2) is 0 Å². The number of aliphatic carboxylic acids is 1. The molecule has 0 radical (unpaired) electrons. The normalized spacial score (nSPS) is 16.7. The monoisotopic (exact) mass is 480 g/mol. The number of carboxylic acid groups (broad SMARTS) is 1. The lowest BCUT2D eigenvalue weighted by atomic mass is 9.95. The molecule has 186 valence electrons. The first-order valence-electron chi connectivity index (χ1n) is 12.0. The molecule has 0 spiro atoms. The molecule has 1 atom stereocenters. The summed E-state index contributed by atoms with van der Waals surface area (Å²) < 4.78 is 10.9. The molecular formula is C27H32N2O6. The van der Waals surface area contributed by atoms with E-state index in [0.29, 0.717) is 12.8 Å². The molecule has 0 aromatic heterocycles. The number of nitrogens with one attached hydrogen (secondary N) is 1. The number of likely N-dealkylation sites (N-methyl/N-ethyl adjacent to an activating group) is 1. The highest BCUT2D eigenvalue weighted by atomic mass is 16.5. The second kappa shape index (κ2) is 10.5. The van der Waals surface area contributed by atoms with Crippen molar-refractivity contribution in [3.8, 4) is 11.1 Å². The third-order valence-corrected chi connectivity index (χ3v) is 7.38. The highest BCUT2D eigenvalue weighted by molar-refractivity contribution is 5.89. The third kappa shape index (κ3) is 4.75. The van der Waals surface area contributed by atoms with Crippen LogP contribution >= 0.6 is 0 Å². The van der Waals surface area contributed by atoms with Crippen LogP contribution in [0.1, 0.15) is 49.1 Å². The number of carbonyl (C=O) groups excluding carboxylic acids is 2. The van der Waals surface area contributed by atoms with Crippen LogP contribution in [0.5, 0.6) is 0 Å². The second-order valence-electron chi connectivity index (χ2n) is 9.21. The molecule has 1 fully saturated rings. The van der Waals surface area contributed by atoms with Gasteiger partial charge in [-0.15, -0.1) is 0 Å². The summed E-state index contributed by atoms with van der Waals surface area (Å²) in [6, 6.07) is 16.2. The van der Waals surface area contributed by atoms with Crippen LogP contribution in [0.15, 0.2) is 48.5 Å². The number of nitrogens with zero attached hydrogens (tertiary/aromatic N) is 1. The minimum absolute atomic E-state index is 0.0336. The van der Waals surface area contributed by atoms with Crippen molar-refractivity contribution in [1.82, 2.24) is 10.2 Å². The van der Waals surface area contributed by atoms with Crippen LogP contribution in [-0.2, 0) is 19.1 Å². The molecule has 2 aliphatic rings. The fourth-order valence-corrected chi connectivity index (χ4v) is 5.38. The van der Waals surface area contributed by atoms with E-state index in [4.69, 9.17) is 9.47 Å². The van der Waals surface area contributed by atoms with Crippen molar-refractivity contribution >= 4 is 18.0 Å². The van der Waals surface area contributed by atoms with Gasteiger partial charge in [-0.25, -0.2) is 9.59 Å². The minimum atomic E-state index is -1.19. The van der Waals surface area contributed by atoms with E-state index >= 15 is 0 Å². The third-order valence-electron chi connectivity index (χ3n) is 7.38. The summed E-state index contributed by atoms with van der Waals surface area (Å²) >= 11 is 0. The smallest absolute Gasteiger partial charge is 0.407 e. The van der Waals surface area contributed by atoms with E-state index in [1.807, 2.05) is 24.3 Å². The first-order valence-corrected chi connectivity index (χ1v) is 12.0. The van der Waals surface area contributed by atoms with Crippen LogP contribution in [0.25, 0.3) is 11.1 Å². The van der Waals surface area contributed by atoms with E-state index in [1.165, 1.54) is 19.1 Å². The first-order chi connectivity index (χ1) is 16.9. The van der Waals surface area contributed by atoms with Crippen LogP contribution in [-0.4, -0.2) is 66.9 Å². The molecule has 0 saturated heterocycles. The Labute approximate surface area is 205 Å². The van der Waals surface area contributed by atoms with Gasteiger partial charge in [0.25, 0.3) is 5.91 Å². The highest BCUT2D eigenvalue weighted by Gasteiger charge is 2.48. The van der Waals surface area contributed by atoms with Crippen molar-refractivity contribution in [2.75, 3.05) is 27.3 Å². The lowest BCUT2D eigenvalue weighted by Crippen LogP contribution is -2.56. The Morgan fingerprint density at radius 1 is 1.06 bits per heavy atom. The Balaban J connectivity index is 1.30. The van der Waals surface area contributed by atoms with Crippen molar-refractivity contribution in [1.29, 1.82) is 0 Å². The van der Waals surface area contributed by atoms with E-state index in [-0.39, 0.29) is 25.5 Å². The number of benzene rings is 2. The number of amides is 2. The molecule has 0 bridgehead atoms. The predicted octanol–water partition coefficient (Wildman–Crippen LogP) is 3.79. The molecule has 8 heteroatoms. The Kier molecular flexibility index (Phi) is 7.40. The zero-order valence-corrected chi connectivity index (χ0v) is 20.2. The van der Waals surface area contributed by atoms with Gasteiger partial charge < -0.3 is 24.8 Å². The summed E-state index contributed by atoms with van der Waals surface area (Å²) in [5.41, 5.74) is 3.39. The number of hydrogen-bond acceptors (Lipinski definition) is 5. The average Bonchev–Trinajstić information content (AvgIpc) is 3.49. The number of methoxy groups -OCH3 is 1. The van der Waals surface area contributed by atoms with Crippen LogP contribution in [0.4, 0.5) is 4.79 Å². The number of carboxylic acids is 1. The molecule has 1 saturated carbocycles. The Morgan fingerprint density at radius 2 is 1.63 bits per heavy atom. The maximum Gasteiger partial charge on any atom is 0.407 e. The lowest BCUT2D eigenvalue weighted by molar-refractivity contribution is -0.162. The van der Waals surface area contributed by atoms with Crippen LogP contribution in [0, 0.1) is 0 Å². The van der Waals surface area contributed by atoms with Gasteiger partial charge in [-0.1, -0.05) is 61.4 Å². The Morgan fingerprint density at radius 3 is 2.17 bits per heavy atom. The van der Waals surface area contributed by atoms with E-state index < -0.39 is 29.6 Å². The van der Waals surface area contributed by atoms with Gasteiger partial charge >= 0.3 is 12.1 Å². The van der Waals surface area contributed by atoms with Crippen LogP contribution < -0.4 is 5.32 Å². The zero-order valence-electron chi connectivity index (χ0n) is 20.2. The van der Waals surface area contributed by atoms with Crippen molar-refractivity contribution in [3.63, 3.8) is 0 Å². The summed E-state index contributed by atoms with van der Waals surface area (Å²) in [7, 11) is 2.93. The standard InChI is InChI=1S/C27H32N2O6/c1-29(27(25(31)32)14-7-8-15-27)24(30)23(34-2)13-16-28-26(33)35-17-22-20-11-5-3-9-18(20)19-10-4-6-12-21(19)22/h3-6,9-12,22-23H,7-8,13-17H2,1-2H3,(H,28,33)(H,31,32). The topological polar surface area (TPSA) is 105 Å². The summed E-state index contributed by atoms with van der Waals surface area (Å²) in [5.74, 6) is -1.42. The summed E-state index contributed by atoms with van der Waals surface area (Å²) in [6.45, 7) is 0.366. The molecule has 2 aliphatic carbocycles. The molecule has 8 nitrogen and oxygen atoms in total. The number of hydrogen-bond donors (Lipinski definition) is 2. The molecule has 2 aromatic carbocycles. The van der Waals surface area contributed by atoms with Gasteiger partial charge in [0.1, 0.15) is 18.2 Å². The van der Waals surface area contributed by atoms with Gasteiger partial charge in [-0.05, 0) is 35.1 Å². The van der Waals surface area contributed by atoms with E-state index in [0.717, 1.165) is 35.1 Å². The highest BCUT2D eigenvalue weighted by Crippen LogP contribution is 2.44. The minimum Gasteiger partial charge on any atom is -0.479 e. The molecule has 2 amide bonds. The summed E-state index contributed by atoms with van der Waals surface area (Å²) in [5, 5.41) is 12.4. The quantitative estimate of drug-likeness (QED) is 0.566. The molecule has 0 heterocycles. The molecular weight excluding hydrogens is 448 g/mol. The van der Waals surface area contributed by atoms with Gasteiger partial charge in [-0.2, -0.15) is 0 Å². The Bertz CT molecular complexity index is 1050. The number of alkyl carbamates (subject to hydrolysis) is 1. The molecule has 2 N–H and O–H groups in total.